The summed E-state index contributed by atoms with van der Waals surface area (Å²) in [6, 6.07) is 10.9. The summed E-state index contributed by atoms with van der Waals surface area (Å²) in [4.78, 5) is 22.6. The van der Waals surface area contributed by atoms with Crippen LogP contribution >= 0.6 is 15.9 Å². The minimum atomic E-state index is -0.873. The lowest BCUT2D eigenvalue weighted by Gasteiger charge is -2.14. The van der Waals surface area contributed by atoms with Gasteiger partial charge in [0.15, 0.2) is 5.83 Å². The first-order valence-electron chi connectivity index (χ1n) is 9.04. The molecule has 3 rings (SSSR count). The van der Waals surface area contributed by atoms with Crippen molar-refractivity contribution in [2.75, 3.05) is 38.4 Å². The van der Waals surface area contributed by atoms with E-state index < -0.39 is 11.7 Å². The summed E-state index contributed by atoms with van der Waals surface area (Å²) < 4.78 is 20.4. The fourth-order valence-corrected chi connectivity index (χ4v) is 3.09. The minimum absolute atomic E-state index is 0.308. The molecule has 0 unspecified atom stereocenters. The Hall–Kier alpha value is -3.04. The molecule has 30 heavy (non-hydrogen) atoms. The normalized spacial score (nSPS) is 11.6. The Kier molecular flexibility index (Phi) is 6.96. The maximum Gasteiger partial charge on any atom is 0.284 e. The lowest BCUT2D eigenvalue weighted by Crippen LogP contribution is -2.16. The van der Waals surface area contributed by atoms with Crippen LogP contribution in [0.3, 0.4) is 0 Å². The average Bonchev–Trinajstić information content (AvgIpc) is 2.72. The molecule has 0 aliphatic heterocycles. The number of methoxy groups -OCH3 is 1. The zero-order valence-corrected chi connectivity index (χ0v) is 18.3. The van der Waals surface area contributed by atoms with E-state index in [9.17, 15) is 9.18 Å². The quantitative estimate of drug-likeness (QED) is 0.491. The number of aromatic nitrogens is 2. The number of ether oxygens (including phenoxy) is 1. The number of hydrogen-bond donors (Lipinski definition) is 2. The van der Waals surface area contributed by atoms with Crippen molar-refractivity contribution in [2.45, 2.75) is 0 Å². The number of nitrogens with one attached hydrogen (secondary N) is 2. The first kappa shape index (κ1) is 21.7. The first-order valence-corrected chi connectivity index (χ1v) is 9.83. The number of carbonyl (C=O) groups is 1. The number of benzene rings is 2. The molecule has 0 radical (unpaired) electrons. The maximum absolute atomic E-state index is 14.1. The Labute approximate surface area is 182 Å². The molecule has 1 amide bonds. The first-order chi connectivity index (χ1) is 14.4. The van der Waals surface area contributed by atoms with Gasteiger partial charge in [0.1, 0.15) is 17.9 Å². The number of nitrogens with zero attached hydrogens (tertiary/aromatic N) is 3. The second kappa shape index (κ2) is 9.64. The molecule has 0 fully saturated rings. The number of halogens is 2. The molecule has 156 valence electrons. The van der Waals surface area contributed by atoms with E-state index in [-0.39, 0.29) is 0 Å². The van der Waals surface area contributed by atoms with Crippen molar-refractivity contribution in [3.8, 4) is 5.75 Å². The average molecular weight is 474 g/mol. The molecule has 2 aromatic carbocycles. The standard InChI is InChI=1S/C21H21BrFN5O2/c1-28(2)8-7-16(23)21(29)27-18-10-15-17(11-19(18)30-3)24-12-25-20(15)26-14-6-4-5-13(22)9-14/h4-7,9-12H,8H2,1-3H3,(H,27,29)(H,24,25,26)/b16-7+. The highest BCUT2D eigenvalue weighted by atomic mass is 79.9. The molecular weight excluding hydrogens is 453 g/mol. The molecule has 0 saturated carbocycles. The van der Waals surface area contributed by atoms with E-state index >= 15 is 0 Å². The summed E-state index contributed by atoms with van der Waals surface area (Å²) in [7, 11) is 5.04. The zero-order valence-electron chi connectivity index (χ0n) is 16.7. The Balaban J connectivity index is 1.96. The van der Waals surface area contributed by atoms with Gasteiger partial charge in [0.25, 0.3) is 5.91 Å². The molecule has 3 aromatic rings. The van der Waals surface area contributed by atoms with Gasteiger partial charge in [-0.3, -0.25) is 4.79 Å². The van der Waals surface area contributed by atoms with E-state index in [4.69, 9.17) is 4.74 Å². The van der Waals surface area contributed by atoms with E-state index in [1.54, 1.807) is 31.1 Å². The summed E-state index contributed by atoms with van der Waals surface area (Å²) in [5.74, 6) is -0.821. The molecule has 0 bridgehead atoms. The van der Waals surface area contributed by atoms with Crippen molar-refractivity contribution in [1.82, 2.24) is 14.9 Å². The topological polar surface area (TPSA) is 79.4 Å². The van der Waals surface area contributed by atoms with Gasteiger partial charge in [0.2, 0.25) is 0 Å². The van der Waals surface area contributed by atoms with E-state index in [1.807, 2.05) is 24.3 Å². The van der Waals surface area contributed by atoms with Crippen LogP contribution in [-0.2, 0) is 4.79 Å². The van der Waals surface area contributed by atoms with Crippen LogP contribution in [0.5, 0.6) is 5.75 Å². The second-order valence-corrected chi connectivity index (χ2v) is 7.61. The van der Waals surface area contributed by atoms with E-state index in [0.717, 1.165) is 10.2 Å². The predicted octanol–water partition coefficient (Wildman–Crippen LogP) is 4.50. The van der Waals surface area contributed by atoms with Crippen molar-refractivity contribution < 1.29 is 13.9 Å². The third-order valence-electron chi connectivity index (χ3n) is 4.14. The highest BCUT2D eigenvalue weighted by Gasteiger charge is 2.15. The molecular formula is C21H21BrFN5O2. The monoisotopic (exact) mass is 473 g/mol. The van der Waals surface area contributed by atoms with Gasteiger partial charge >= 0.3 is 0 Å². The van der Waals surface area contributed by atoms with Crippen LogP contribution in [0.1, 0.15) is 0 Å². The molecule has 0 saturated heterocycles. The van der Waals surface area contributed by atoms with Crippen molar-refractivity contribution in [1.29, 1.82) is 0 Å². The minimum Gasteiger partial charge on any atom is -0.494 e. The van der Waals surface area contributed by atoms with Gasteiger partial charge in [0, 0.05) is 28.2 Å². The third-order valence-corrected chi connectivity index (χ3v) is 4.64. The summed E-state index contributed by atoms with van der Waals surface area (Å²) >= 11 is 3.44. The van der Waals surface area contributed by atoms with Gasteiger partial charge in [-0.25, -0.2) is 14.4 Å². The van der Waals surface area contributed by atoms with Gasteiger partial charge in [-0.2, -0.15) is 0 Å². The number of likely N-dealkylation sites (N-methyl/N-ethyl adjacent to an activating group) is 1. The summed E-state index contributed by atoms with van der Waals surface area (Å²) in [5, 5.41) is 6.44. The van der Waals surface area contributed by atoms with E-state index in [0.29, 0.717) is 34.7 Å². The zero-order chi connectivity index (χ0) is 21.7. The van der Waals surface area contributed by atoms with Gasteiger partial charge in [0.05, 0.1) is 18.3 Å². The highest BCUT2D eigenvalue weighted by molar-refractivity contribution is 9.10. The van der Waals surface area contributed by atoms with Crippen LogP contribution in [-0.4, -0.2) is 48.5 Å². The van der Waals surface area contributed by atoms with Crippen molar-refractivity contribution in [3.05, 3.63) is 59.1 Å². The van der Waals surface area contributed by atoms with E-state index in [1.165, 1.54) is 19.5 Å². The summed E-state index contributed by atoms with van der Waals surface area (Å²) in [6.45, 7) is 0.308. The molecule has 2 N–H and O–H groups in total. The molecule has 1 aromatic heterocycles. The Bertz CT molecular complexity index is 1100. The SMILES string of the molecule is COc1cc2ncnc(Nc3cccc(Br)c3)c2cc1NC(=O)/C(F)=C\CN(C)C. The number of rotatable bonds is 7. The van der Waals surface area contributed by atoms with Crippen molar-refractivity contribution in [3.63, 3.8) is 0 Å². The third kappa shape index (κ3) is 5.31. The van der Waals surface area contributed by atoms with Crippen LogP contribution in [0.2, 0.25) is 0 Å². The highest BCUT2D eigenvalue weighted by Crippen LogP contribution is 2.33. The van der Waals surface area contributed by atoms with Crippen molar-refractivity contribution >= 4 is 49.9 Å². The van der Waals surface area contributed by atoms with Crippen molar-refractivity contribution in [2.24, 2.45) is 0 Å². The van der Waals surface area contributed by atoms with Crippen LogP contribution < -0.4 is 15.4 Å². The lowest BCUT2D eigenvalue weighted by molar-refractivity contribution is -0.114. The molecule has 0 spiro atoms. The largest absolute Gasteiger partial charge is 0.494 e. The van der Waals surface area contributed by atoms with Gasteiger partial charge in [-0.05, 0) is 44.4 Å². The maximum atomic E-state index is 14.1. The van der Waals surface area contributed by atoms with Crippen LogP contribution in [0.15, 0.2) is 59.1 Å². The van der Waals surface area contributed by atoms with Crippen LogP contribution in [0, 0.1) is 0 Å². The van der Waals surface area contributed by atoms with Crippen LogP contribution in [0.25, 0.3) is 10.9 Å². The smallest absolute Gasteiger partial charge is 0.284 e. The molecule has 0 atom stereocenters. The fraction of sp³-hybridized carbons (Fsp3) is 0.190. The molecule has 1 heterocycles. The second-order valence-electron chi connectivity index (χ2n) is 6.70. The Morgan fingerprint density at radius 3 is 2.77 bits per heavy atom. The Morgan fingerprint density at radius 2 is 2.07 bits per heavy atom. The molecule has 0 aliphatic carbocycles. The number of amides is 1. The summed E-state index contributed by atoms with van der Waals surface area (Å²) in [6.07, 6.45) is 2.65. The number of anilines is 3. The van der Waals surface area contributed by atoms with Crippen LogP contribution in [0.4, 0.5) is 21.6 Å². The Morgan fingerprint density at radius 1 is 1.27 bits per heavy atom. The van der Waals surface area contributed by atoms with Gasteiger partial charge in [-0.1, -0.05) is 22.0 Å². The molecule has 7 nitrogen and oxygen atoms in total. The lowest BCUT2D eigenvalue weighted by atomic mass is 10.1. The molecule has 9 heteroatoms. The number of fused-ring (bicyclic) bond motifs is 1. The van der Waals surface area contributed by atoms with Gasteiger partial charge in [-0.15, -0.1) is 0 Å². The van der Waals surface area contributed by atoms with E-state index in [2.05, 4.69) is 36.5 Å². The summed E-state index contributed by atoms with van der Waals surface area (Å²) in [5.41, 5.74) is 1.75. The number of carbonyl (C=O) groups excluding carboxylic acids is 1. The van der Waals surface area contributed by atoms with Gasteiger partial charge < -0.3 is 20.3 Å². The predicted molar refractivity (Wildman–Crippen MR) is 120 cm³/mol. The molecule has 0 aliphatic rings. The number of hydrogen-bond acceptors (Lipinski definition) is 6. The fourth-order valence-electron chi connectivity index (χ4n) is 2.69.